The van der Waals surface area contributed by atoms with E-state index in [4.69, 9.17) is 0 Å². The molecule has 0 aliphatic carbocycles. The maximum absolute atomic E-state index is 11.7. The number of carbonyl (C=O) groups excluding carboxylic acids is 1. The van der Waals surface area contributed by atoms with Crippen molar-refractivity contribution in [2.75, 3.05) is 6.54 Å². The Bertz CT molecular complexity index is 520. The van der Waals surface area contributed by atoms with Crippen LogP contribution in [0.25, 0.3) is 0 Å². The number of benzene rings is 1. The predicted molar refractivity (Wildman–Crippen MR) is 67.9 cm³/mol. The van der Waals surface area contributed by atoms with Gasteiger partial charge in [0.1, 0.15) is 11.5 Å². The highest BCUT2D eigenvalue weighted by Crippen LogP contribution is 2.20. The molecule has 6 heteroatoms. The highest BCUT2D eigenvalue weighted by atomic mass is 32.1. The van der Waals surface area contributed by atoms with E-state index in [1.54, 1.807) is 6.20 Å². The Balaban J connectivity index is 1.91. The minimum absolute atomic E-state index is 0.139. The standard InChI is InChI=1S/C12H12N2O3S/c15-9-5-8(6-10(16)7-9)12(17)14-2-1-11-13-3-4-18-11/h3-7,15-16H,1-2H2,(H,14,17). The number of phenols is 2. The summed E-state index contributed by atoms with van der Waals surface area (Å²) in [5.74, 6) is -0.613. The Morgan fingerprint density at radius 1 is 1.28 bits per heavy atom. The molecule has 1 heterocycles. The normalized spacial score (nSPS) is 10.2. The van der Waals surface area contributed by atoms with Gasteiger partial charge in [0.2, 0.25) is 0 Å². The average Bonchev–Trinajstić information content (AvgIpc) is 2.80. The fourth-order valence-corrected chi connectivity index (χ4v) is 2.11. The highest BCUT2D eigenvalue weighted by Gasteiger charge is 2.08. The van der Waals surface area contributed by atoms with E-state index in [2.05, 4.69) is 10.3 Å². The van der Waals surface area contributed by atoms with Crippen molar-refractivity contribution in [3.8, 4) is 11.5 Å². The van der Waals surface area contributed by atoms with Crippen LogP contribution in [0, 0.1) is 0 Å². The summed E-state index contributed by atoms with van der Waals surface area (Å²) in [5.41, 5.74) is 0.228. The molecule has 18 heavy (non-hydrogen) atoms. The number of carbonyl (C=O) groups is 1. The first-order valence-corrected chi connectivity index (χ1v) is 6.23. The molecule has 0 aliphatic heterocycles. The molecule has 0 saturated heterocycles. The molecule has 0 atom stereocenters. The van der Waals surface area contributed by atoms with Gasteiger partial charge in [0, 0.05) is 36.2 Å². The molecular formula is C12H12N2O3S. The number of nitrogens with zero attached hydrogens (tertiary/aromatic N) is 1. The Kier molecular flexibility index (Phi) is 3.78. The second-order valence-corrected chi connectivity index (χ2v) is 4.65. The van der Waals surface area contributed by atoms with Crippen molar-refractivity contribution in [2.24, 2.45) is 0 Å². The van der Waals surface area contributed by atoms with Crippen molar-refractivity contribution in [3.05, 3.63) is 40.3 Å². The van der Waals surface area contributed by atoms with Gasteiger partial charge in [-0.25, -0.2) is 4.98 Å². The number of aromatic hydroxyl groups is 2. The van der Waals surface area contributed by atoms with E-state index in [0.717, 1.165) is 5.01 Å². The van der Waals surface area contributed by atoms with Crippen LogP contribution in [0.2, 0.25) is 0 Å². The molecule has 0 radical (unpaired) electrons. The lowest BCUT2D eigenvalue weighted by molar-refractivity contribution is 0.0953. The second kappa shape index (κ2) is 5.50. The number of nitrogens with one attached hydrogen (secondary N) is 1. The Morgan fingerprint density at radius 2 is 2.00 bits per heavy atom. The summed E-state index contributed by atoms with van der Waals surface area (Å²) in [6.07, 6.45) is 2.38. The summed E-state index contributed by atoms with van der Waals surface area (Å²) >= 11 is 1.53. The van der Waals surface area contributed by atoms with Crippen molar-refractivity contribution in [1.29, 1.82) is 0 Å². The Morgan fingerprint density at radius 3 is 2.61 bits per heavy atom. The zero-order valence-corrected chi connectivity index (χ0v) is 10.3. The van der Waals surface area contributed by atoms with Crippen LogP contribution < -0.4 is 5.32 Å². The van der Waals surface area contributed by atoms with E-state index < -0.39 is 0 Å². The van der Waals surface area contributed by atoms with Crippen LogP contribution in [0.15, 0.2) is 29.8 Å². The molecule has 2 rings (SSSR count). The molecule has 0 saturated carbocycles. The molecule has 1 aromatic carbocycles. The summed E-state index contributed by atoms with van der Waals surface area (Å²) in [6, 6.07) is 3.78. The molecular weight excluding hydrogens is 252 g/mol. The molecule has 3 N–H and O–H groups in total. The molecule has 2 aromatic rings. The smallest absolute Gasteiger partial charge is 0.251 e. The van der Waals surface area contributed by atoms with Gasteiger partial charge in [-0.1, -0.05) is 0 Å². The SMILES string of the molecule is O=C(NCCc1nccs1)c1cc(O)cc(O)c1. The minimum Gasteiger partial charge on any atom is -0.508 e. The highest BCUT2D eigenvalue weighted by molar-refractivity contribution is 7.09. The van der Waals surface area contributed by atoms with Gasteiger partial charge >= 0.3 is 0 Å². The van der Waals surface area contributed by atoms with Crippen molar-refractivity contribution >= 4 is 17.2 Å². The number of thiazole rings is 1. The zero-order chi connectivity index (χ0) is 13.0. The molecule has 1 amide bonds. The molecule has 0 unspecified atom stereocenters. The van der Waals surface area contributed by atoms with Gasteiger partial charge in [-0.15, -0.1) is 11.3 Å². The largest absolute Gasteiger partial charge is 0.508 e. The van der Waals surface area contributed by atoms with Crippen molar-refractivity contribution in [3.63, 3.8) is 0 Å². The monoisotopic (exact) mass is 264 g/mol. The summed E-state index contributed by atoms with van der Waals surface area (Å²) in [6.45, 7) is 0.461. The van der Waals surface area contributed by atoms with Gasteiger partial charge in [-0.2, -0.15) is 0 Å². The fraction of sp³-hybridized carbons (Fsp3) is 0.167. The topological polar surface area (TPSA) is 82.5 Å². The maximum Gasteiger partial charge on any atom is 0.251 e. The van der Waals surface area contributed by atoms with Crippen LogP contribution in [0.1, 0.15) is 15.4 Å². The molecule has 0 aliphatic rings. The van der Waals surface area contributed by atoms with Crippen LogP contribution in [0.4, 0.5) is 0 Å². The van der Waals surface area contributed by atoms with Crippen LogP contribution in [0.5, 0.6) is 11.5 Å². The second-order valence-electron chi connectivity index (χ2n) is 3.67. The van der Waals surface area contributed by atoms with Crippen molar-refractivity contribution in [1.82, 2.24) is 10.3 Å². The first kappa shape index (κ1) is 12.4. The van der Waals surface area contributed by atoms with Gasteiger partial charge in [-0.05, 0) is 12.1 Å². The fourth-order valence-electron chi connectivity index (χ4n) is 1.49. The van der Waals surface area contributed by atoms with Gasteiger partial charge < -0.3 is 15.5 Å². The lowest BCUT2D eigenvalue weighted by atomic mass is 10.2. The average molecular weight is 264 g/mol. The minimum atomic E-state index is -0.335. The molecule has 0 bridgehead atoms. The van der Waals surface area contributed by atoms with Crippen molar-refractivity contribution < 1.29 is 15.0 Å². The molecule has 0 fully saturated rings. The quantitative estimate of drug-likeness (QED) is 0.782. The number of hydrogen-bond donors (Lipinski definition) is 3. The number of rotatable bonds is 4. The lowest BCUT2D eigenvalue weighted by Crippen LogP contribution is -2.25. The van der Waals surface area contributed by atoms with Crippen LogP contribution in [-0.4, -0.2) is 27.6 Å². The Labute approximate surface area is 108 Å². The summed E-state index contributed by atoms with van der Waals surface area (Å²) in [7, 11) is 0. The van der Waals surface area contributed by atoms with Crippen LogP contribution in [-0.2, 0) is 6.42 Å². The number of amides is 1. The Hall–Kier alpha value is -2.08. The predicted octanol–water partition coefficient (Wildman–Crippen LogP) is 1.53. The molecule has 5 nitrogen and oxygen atoms in total. The number of aromatic nitrogens is 1. The summed E-state index contributed by atoms with van der Waals surface area (Å²) in [4.78, 5) is 15.8. The molecule has 0 spiro atoms. The van der Waals surface area contributed by atoms with E-state index in [-0.39, 0.29) is 23.0 Å². The number of phenolic OH excluding ortho intramolecular Hbond substituents is 2. The third kappa shape index (κ3) is 3.21. The van der Waals surface area contributed by atoms with Gasteiger partial charge in [-0.3, -0.25) is 4.79 Å². The zero-order valence-electron chi connectivity index (χ0n) is 9.46. The van der Waals surface area contributed by atoms with Gasteiger partial charge in [0.25, 0.3) is 5.91 Å². The first-order valence-electron chi connectivity index (χ1n) is 5.35. The summed E-state index contributed by atoms with van der Waals surface area (Å²) < 4.78 is 0. The number of hydrogen-bond acceptors (Lipinski definition) is 5. The van der Waals surface area contributed by atoms with Crippen LogP contribution in [0.3, 0.4) is 0 Å². The maximum atomic E-state index is 11.7. The third-order valence-corrected chi connectivity index (χ3v) is 3.11. The van der Waals surface area contributed by atoms with E-state index in [1.807, 2.05) is 5.38 Å². The van der Waals surface area contributed by atoms with E-state index in [0.29, 0.717) is 13.0 Å². The van der Waals surface area contributed by atoms with Gasteiger partial charge in [0.05, 0.1) is 5.01 Å². The molecule has 1 aromatic heterocycles. The third-order valence-electron chi connectivity index (χ3n) is 2.27. The molecule has 94 valence electrons. The van der Waals surface area contributed by atoms with E-state index in [1.165, 1.54) is 29.5 Å². The first-order chi connectivity index (χ1) is 8.65. The van der Waals surface area contributed by atoms with Crippen LogP contribution >= 0.6 is 11.3 Å². The van der Waals surface area contributed by atoms with E-state index in [9.17, 15) is 15.0 Å². The van der Waals surface area contributed by atoms with E-state index >= 15 is 0 Å². The van der Waals surface area contributed by atoms with Gasteiger partial charge in [0.15, 0.2) is 0 Å². The summed E-state index contributed by atoms with van der Waals surface area (Å²) in [5, 5.41) is 24.1. The van der Waals surface area contributed by atoms with Crippen molar-refractivity contribution in [2.45, 2.75) is 6.42 Å². The lowest BCUT2D eigenvalue weighted by Gasteiger charge is -2.05.